The van der Waals surface area contributed by atoms with E-state index in [1.807, 2.05) is 6.07 Å². The number of hydrogen-bond acceptors (Lipinski definition) is 3. The minimum atomic E-state index is -0.886. The number of benzene rings is 1. The molecule has 1 aliphatic carbocycles. The fourth-order valence-electron chi connectivity index (χ4n) is 2.59. The Hall–Kier alpha value is -1.88. The Bertz CT molecular complexity index is 673. The predicted molar refractivity (Wildman–Crippen MR) is 81.8 cm³/mol. The first-order chi connectivity index (χ1) is 10.1. The van der Waals surface area contributed by atoms with Gasteiger partial charge in [0, 0.05) is 19.0 Å². The molecule has 1 aromatic carbocycles. The molecule has 1 fully saturated rings. The summed E-state index contributed by atoms with van der Waals surface area (Å²) in [7, 11) is 2.10. The number of imidazole rings is 1. The lowest BCUT2D eigenvalue weighted by Gasteiger charge is -2.16. The summed E-state index contributed by atoms with van der Waals surface area (Å²) in [6, 6.07) is 5.21. The zero-order valence-electron chi connectivity index (χ0n) is 12.5. The van der Waals surface area contributed by atoms with E-state index in [1.165, 1.54) is 12.8 Å². The second-order valence-corrected chi connectivity index (χ2v) is 5.80. The minimum absolute atomic E-state index is 0.329. The van der Waals surface area contributed by atoms with Crippen molar-refractivity contribution >= 4 is 17.0 Å². The Balaban J connectivity index is 2.01. The molecular formula is C16H21N3O2. The van der Waals surface area contributed by atoms with Crippen LogP contribution in [0.25, 0.3) is 11.0 Å². The minimum Gasteiger partial charge on any atom is -0.478 e. The van der Waals surface area contributed by atoms with Crippen molar-refractivity contribution in [2.45, 2.75) is 32.2 Å². The van der Waals surface area contributed by atoms with Crippen molar-refractivity contribution in [3.05, 3.63) is 29.6 Å². The van der Waals surface area contributed by atoms with Gasteiger partial charge >= 0.3 is 5.97 Å². The van der Waals surface area contributed by atoms with Crippen LogP contribution in [0.5, 0.6) is 0 Å². The number of carbonyl (C=O) groups is 1. The van der Waals surface area contributed by atoms with Crippen molar-refractivity contribution in [1.29, 1.82) is 0 Å². The summed E-state index contributed by atoms with van der Waals surface area (Å²) in [5, 5.41) is 9.18. The molecule has 0 atom stereocenters. The standard InChI is InChI=1S/C16H21N3O2/c1-3-18(2)8-9-19-14-10-12(16(20)21)6-7-13(14)17-15(19)11-4-5-11/h6-7,10-11H,3-5,8-9H2,1-2H3,(H,20,21). The molecule has 5 heteroatoms. The third-order valence-electron chi connectivity index (χ3n) is 4.21. The first-order valence-electron chi connectivity index (χ1n) is 7.52. The van der Waals surface area contributed by atoms with Gasteiger partial charge in [-0.05, 0) is 44.6 Å². The van der Waals surface area contributed by atoms with Gasteiger partial charge in [0.1, 0.15) is 5.82 Å². The molecule has 1 heterocycles. The summed E-state index contributed by atoms with van der Waals surface area (Å²) < 4.78 is 2.21. The summed E-state index contributed by atoms with van der Waals surface area (Å²) in [4.78, 5) is 18.2. The molecule has 21 heavy (non-hydrogen) atoms. The van der Waals surface area contributed by atoms with Gasteiger partial charge in [-0.1, -0.05) is 6.92 Å². The van der Waals surface area contributed by atoms with Gasteiger partial charge in [0.15, 0.2) is 0 Å². The van der Waals surface area contributed by atoms with Crippen LogP contribution < -0.4 is 0 Å². The van der Waals surface area contributed by atoms with Gasteiger partial charge in [-0.2, -0.15) is 0 Å². The number of hydrogen-bond donors (Lipinski definition) is 1. The average molecular weight is 287 g/mol. The van der Waals surface area contributed by atoms with E-state index in [-0.39, 0.29) is 0 Å². The molecule has 1 aliphatic rings. The normalized spacial score (nSPS) is 15.0. The van der Waals surface area contributed by atoms with Crippen molar-refractivity contribution in [1.82, 2.24) is 14.5 Å². The number of nitrogens with zero attached hydrogens (tertiary/aromatic N) is 3. The SMILES string of the molecule is CCN(C)CCn1c(C2CC2)nc2ccc(C(=O)O)cc21. The highest BCUT2D eigenvalue weighted by molar-refractivity contribution is 5.92. The molecular weight excluding hydrogens is 266 g/mol. The van der Waals surface area contributed by atoms with Gasteiger partial charge in [0.25, 0.3) is 0 Å². The van der Waals surface area contributed by atoms with Crippen LogP contribution in [0.2, 0.25) is 0 Å². The zero-order chi connectivity index (χ0) is 15.0. The molecule has 3 rings (SSSR count). The van der Waals surface area contributed by atoms with Gasteiger partial charge in [0.2, 0.25) is 0 Å². The van der Waals surface area contributed by atoms with E-state index in [9.17, 15) is 9.90 Å². The number of aromatic carboxylic acids is 1. The summed E-state index contributed by atoms with van der Waals surface area (Å²) in [5.41, 5.74) is 2.18. The zero-order valence-corrected chi connectivity index (χ0v) is 12.5. The average Bonchev–Trinajstić information content (AvgIpc) is 3.26. The number of carboxylic acid groups (broad SMARTS) is 1. The molecule has 0 amide bonds. The highest BCUT2D eigenvalue weighted by Gasteiger charge is 2.29. The van der Waals surface area contributed by atoms with E-state index in [2.05, 4.69) is 23.4 Å². The van der Waals surface area contributed by atoms with Gasteiger partial charge in [0.05, 0.1) is 16.6 Å². The maximum atomic E-state index is 11.2. The first kappa shape index (κ1) is 14.1. The van der Waals surface area contributed by atoms with Gasteiger partial charge in [-0.3, -0.25) is 0 Å². The number of likely N-dealkylation sites (N-methyl/N-ethyl adjacent to an activating group) is 1. The van der Waals surface area contributed by atoms with E-state index in [0.29, 0.717) is 11.5 Å². The highest BCUT2D eigenvalue weighted by atomic mass is 16.4. The number of aromatic nitrogens is 2. The molecule has 0 saturated heterocycles. The third kappa shape index (κ3) is 2.78. The van der Waals surface area contributed by atoms with E-state index in [4.69, 9.17) is 4.98 Å². The van der Waals surface area contributed by atoms with Gasteiger partial charge < -0.3 is 14.6 Å². The maximum Gasteiger partial charge on any atom is 0.335 e. The van der Waals surface area contributed by atoms with Crippen LogP contribution in [0.4, 0.5) is 0 Å². The summed E-state index contributed by atoms with van der Waals surface area (Å²) in [5.74, 6) is 0.790. The topological polar surface area (TPSA) is 58.4 Å². The molecule has 2 aromatic rings. The Kier molecular flexibility index (Phi) is 3.68. The Morgan fingerprint density at radius 2 is 2.24 bits per heavy atom. The quantitative estimate of drug-likeness (QED) is 0.887. The molecule has 0 bridgehead atoms. The van der Waals surface area contributed by atoms with E-state index < -0.39 is 5.97 Å². The van der Waals surface area contributed by atoms with Gasteiger partial charge in [-0.25, -0.2) is 9.78 Å². The molecule has 1 N–H and O–H groups in total. The number of rotatable bonds is 6. The molecule has 1 aromatic heterocycles. The molecule has 0 spiro atoms. The predicted octanol–water partition coefficient (Wildman–Crippen LogP) is 2.56. The van der Waals surface area contributed by atoms with E-state index in [1.54, 1.807) is 12.1 Å². The molecule has 0 radical (unpaired) electrons. The number of carboxylic acids is 1. The third-order valence-corrected chi connectivity index (χ3v) is 4.21. The molecule has 0 aliphatic heterocycles. The molecule has 0 unspecified atom stereocenters. The van der Waals surface area contributed by atoms with Crippen molar-refractivity contribution in [2.75, 3.05) is 20.1 Å². The maximum absolute atomic E-state index is 11.2. The van der Waals surface area contributed by atoms with E-state index in [0.717, 1.165) is 36.5 Å². The van der Waals surface area contributed by atoms with Crippen LogP contribution in [-0.4, -0.2) is 45.7 Å². The second kappa shape index (κ2) is 5.48. The Labute approximate surface area is 124 Å². The first-order valence-corrected chi connectivity index (χ1v) is 7.52. The molecule has 1 saturated carbocycles. The van der Waals surface area contributed by atoms with Crippen molar-refractivity contribution in [3.63, 3.8) is 0 Å². The Morgan fingerprint density at radius 3 is 2.86 bits per heavy atom. The fourth-order valence-corrected chi connectivity index (χ4v) is 2.59. The lowest BCUT2D eigenvalue weighted by Crippen LogP contribution is -2.23. The number of fused-ring (bicyclic) bond motifs is 1. The fraction of sp³-hybridized carbons (Fsp3) is 0.500. The van der Waals surface area contributed by atoms with E-state index >= 15 is 0 Å². The van der Waals surface area contributed by atoms with Crippen LogP contribution >= 0.6 is 0 Å². The summed E-state index contributed by atoms with van der Waals surface area (Å²) >= 11 is 0. The molecule has 5 nitrogen and oxygen atoms in total. The van der Waals surface area contributed by atoms with Crippen LogP contribution in [0.3, 0.4) is 0 Å². The monoisotopic (exact) mass is 287 g/mol. The largest absolute Gasteiger partial charge is 0.478 e. The van der Waals surface area contributed by atoms with Crippen molar-refractivity contribution in [2.24, 2.45) is 0 Å². The van der Waals surface area contributed by atoms with Crippen LogP contribution in [-0.2, 0) is 6.54 Å². The summed E-state index contributed by atoms with van der Waals surface area (Å²) in [6.45, 7) is 4.94. The van der Waals surface area contributed by atoms with Crippen molar-refractivity contribution in [3.8, 4) is 0 Å². The van der Waals surface area contributed by atoms with Crippen molar-refractivity contribution < 1.29 is 9.90 Å². The smallest absolute Gasteiger partial charge is 0.335 e. The highest BCUT2D eigenvalue weighted by Crippen LogP contribution is 2.40. The summed E-state index contributed by atoms with van der Waals surface area (Å²) in [6.07, 6.45) is 2.39. The Morgan fingerprint density at radius 1 is 1.48 bits per heavy atom. The lowest BCUT2D eigenvalue weighted by atomic mass is 10.2. The lowest BCUT2D eigenvalue weighted by molar-refractivity contribution is 0.0697. The molecule has 112 valence electrons. The second-order valence-electron chi connectivity index (χ2n) is 5.80. The van der Waals surface area contributed by atoms with Gasteiger partial charge in [-0.15, -0.1) is 0 Å². The van der Waals surface area contributed by atoms with Crippen LogP contribution in [0, 0.1) is 0 Å². The van der Waals surface area contributed by atoms with Crippen LogP contribution in [0.15, 0.2) is 18.2 Å². The van der Waals surface area contributed by atoms with Crippen LogP contribution in [0.1, 0.15) is 41.9 Å².